The second kappa shape index (κ2) is 10.7. The van der Waals surface area contributed by atoms with Crippen LogP contribution in [-0.2, 0) is 16.8 Å². The van der Waals surface area contributed by atoms with E-state index < -0.39 is 0 Å². The van der Waals surface area contributed by atoms with Gasteiger partial charge in [-0.25, -0.2) is 9.97 Å². The molecule has 4 heterocycles. The van der Waals surface area contributed by atoms with Crippen molar-refractivity contribution in [2.45, 2.75) is 44.6 Å². The Bertz CT molecular complexity index is 1480. The van der Waals surface area contributed by atoms with Crippen LogP contribution in [0.25, 0.3) is 0 Å². The van der Waals surface area contributed by atoms with Gasteiger partial charge in [-0.1, -0.05) is 24.3 Å². The number of hydrogen-bond acceptors (Lipinski definition) is 8. The van der Waals surface area contributed by atoms with E-state index in [2.05, 4.69) is 61.0 Å². The van der Waals surface area contributed by atoms with Gasteiger partial charge in [0, 0.05) is 50.4 Å². The summed E-state index contributed by atoms with van der Waals surface area (Å²) in [5.74, 6) is 1.34. The summed E-state index contributed by atoms with van der Waals surface area (Å²) in [5.41, 5.74) is 4.29. The van der Waals surface area contributed by atoms with E-state index in [1.165, 1.54) is 37.1 Å². The number of allylic oxidation sites excluding steroid dienone is 1. The van der Waals surface area contributed by atoms with Crippen LogP contribution in [0.5, 0.6) is 0 Å². The Morgan fingerprint density at radius 3 is 2.83 bits per heavy atom. The highest BCUT2D eigenvalue weighted by atomic mass is 16.2. The predicted octanol–water partition coefficient (Wildman–Crippen LogP) is 4.27. The average Bonchev–Trinajstić information content (AvgIpc) is 3.68. The molecule has 1 aromatic carbocycles. The van der Waals surface area contributed by atoms with Crippen LogP contribution in [0, 0.1) is 0 Å². The number of aromatic nitrogens is 3. The minimum Gasteiger partial charge on any atom is -0.348 e. The third-order valence-corrected chi connectivity index (χ3v) is 7.77. The van der Waals surface area contributed by atoms with Crippen LogP contribution in [-0.4, -0.2) is 58.3 Å². The van der Waals surface area contributed by atoms with Crippen molar-refractivity contribution in [3.8, 4) is 0 Å². The number of fused-ring (bicyclic) bond motifs is 5. The number of hydrogen-bond donors (Lipinski definition) is 3. The first kappa shape index (κ1) is 25.9. The Balaban J connectivity index is 1.32. The molecule has 2 amide bonds. The van der Waals surface area contributed by atoms with Crippen molar-refractivity contribution in [2.24, 2.45) is 0 Å². The van der Waals surface area contributed by atoms with Gasteiger partial charge in [0.1, 0.15) is 23.0 Å². The lowest BCUT2D eigenvalue weighted by molar-refractivity contribution is -0.116. The van der Waals surface area contributed by atoms with Crippen LogP contribution < -0.4 is 20.9 Å². The summed E-state index contributed by atoms with van der Waals surface area (Å²) in [6.45, 7) is 4.49. The van der Waals surface area contributed by atoms with Crippen LogP contribution in [0.1, 0.15) is 54.1 Å². The van der Waals surface area contributed by atoms with E-state index in [-0.39, 0.29) is 11.8 Å². The van der Waals surface area contributed by atoms with E-state index in [9.17, 15) is 9.59 Å². The number of carbonyl (C=O) groups is 2. The molecule has 0 radical (unpaired) electrons. The SMILES string of the molecule is CC(=O)N1CCC/C=C\CNC(=O)c2cnc(Nc3ccc4c(c3)CN(C)CC43CC3)nc2Nc2cccc1n2. The zero-order valence-corrected chi connectivity index (χ0v) is 22.9. The standard InChI is InChI=1S/C30H34N8O2/c1-20(39)38-15-6-4-3-5-14-31-28(40)23-17-32-29(36-27(23)35-25-8-7-9-26(38)34-25)33-22-10-11-24-21(16-22)18-37(2)19-30(24)12-13-30/h3,5,7-11,16-17H,4,6,12-15,18-19H2,1-2H3,(H,31,40)(H2,32,33,34,35,36)/b5-3-. The molecule has 2 aliphatic heterocycles. The van der Waals surface area contributed by atoms with Gasteiger partial charge in [-0.05, 0) is 68.1 Å². The van der Waals surface area contributed by atoms with Crippen molar-refractivity contribution in [1.29, 1.82) is 0 Å². The van der Waals surface area contributed by atoms with Crippen molar-refractivity contribution >= 4 is 40.9 Å². The van der Waals surface area contributed by atoms with Gasteiger partial charge in [-0.2, -0.15) is 4.98 Å². The van der Waals surface area contributed by atoms with Gasteiger partial charge >= 0.3 is 0 Å². The summed E-state index contributed by atoms with van der Waals surface area (Å²) in [6.07, 6.45) is 9.49. The fourth-order valence-electron chi connectivity index (χ4n) is 5.69. The zero-order chi connectivity index (χ0) is 27.7. The Kier molecular flexibility index (Phi) is 6.93. The fourth-order valence-corrected chi connectivity index (χ4v) is 5.69. The monoisotopic (exact) mass is 538 g/mol. The molecule has 3 N–H and O–H groups in total. The number of anilines is 5. The maximum Gasteiger partial charge on any atom is 0.256 e. The number of benzene rings is 1. The predicted molar refractivity (Wildman–Crippen MR) is 155 cm³/mol. The molecule has 3 aliphatic rings. The highest BCUT2D eigenvalue weighted by molar-refractivity contribution is 5.99. The van der Waals surface area contributed by atoms with E-state index in [4.69, 9.17) is 0 Å². The van der Waals surface area contributed by atoms with Crippen LogP contribution in [0.4, 0.5) is 29.1 Å². The lowest BCUT2D eigenvalue weighted by Crippen LogP contribution is -2.35. The highest BCUT2D eigenvalue weighted by Gasteiger charge is 2.48. The number of pyridine rings is 1. The van der Waals surface area contributed by atoms with Crippen LogP contribution in [0.2, 0.25) is 0 Å². The molecule has 10 nitrogen and oxygen atoms in total. The molecule has 1 aliphatic carbocycles. The summed E-state index contributed by atoms with van der Waals surface area (Å²) in [7, 11) is 2.17. The largest absolute Gasteiger partial charge is 0.348 e. The maximum atomic E-state index is 13.1. The molecule has 2 aromatic heterocycles. The molecule has 1 spiro atoms. The van der Waals surface area contributed by atoms with Crippen molar-refractivity contribution in [2.75, 3.05) is 42.2 Å². The van der Waals surface area contributed by atoms with Gasteiger partial charge in [0.15, 0.2) is 0 Å². The Morgan fingerprint density at radius 2 is 2.00 bits per heavy atom. The molecule has 206 valence electrons. The topological polar surface area (TPSA) is 115 Å². The number of rotatable bonds is 2. The molecule has 0 unspecified atom stereocenters. The van der Waals surface area contributed by atoms with E-state index in [1.807, 2.05) is 18.2 Å². The van der Waals surface area contributed by atoms with Gasteiger partial charge < -0.3 is 20.9 Å². The second-order valence-corrected chi connectivity index (χ2v) is 10.9. The number of nitrogens with zero attached hydrogens (tertiary/aromatic N) is 5. The Morgan fingerprint density at radius 1 is 1.12 bits per heavy atom. The van der Waals surface area contributed by atoms with Crippen LogP contribution in [0.15, 0.2) is 54.7 Å². The third kappa shape index (κ3) is 5.40. The van der Waals surface area contributed by atoms with Crippen LogP contribution >= 0.6 is 0 Å². The molecule has 1 saturated carbocycles. The summed E-state index contributed by atoms with van der Waals surface area (Å²) in [4.78, 5) is 43.3. The number of carbonyl (C=O) groups excluding carboxylic acids is 2. The Hall–Kier alpha value is -4.31. The molecule has 40 heavy (non-hydrogen) atoms. The Labute approximate surface area is 233 Å². The van der Waals surface area contributed by atoms with Gasteiger partial charge in [-0.15, -0.1) is 0 Å². The summed E-state index contributed by atoms with van der Waals surface area (Å²) in [6, 6.07) is 11.9. The van der Waals surface area contributed by atoms with Gasteiger partial charge in [-0.3, -0.25) is 14.5 Å². The molecule has 0 saturated heterocycles. The number of amides is 2. The first-order chi connectivity index (χ1) is 19.4. The molecule has 0 atom stereocenters. The van der Waals surface area contributed by atoms with Crippen molar-refractivity contribution in [3.63, 3.8) is 0 Å². The average molecular weight is 539 g/mol. The fraction of sp³-hybridized carbons (Fsp3) is 0.367. The molecule has 2 bridgehead atoms. The van der Waals surface area contributed by atoms with Gasteiger partial charge in [0.05, 0.1) is 0 Å². The minimum absolute atomic E-state index is 0.0761. The van der Waals surface area contributed by atoms with E-state index in [1.54, 1.807) is 17.0 Å². The van der Waals surface area contributed by atoms with Crippen molar-refractivity contribution < 1.29 is 9.59 Å². The highest BCUT2D eigenvalue weighted by Crippen LogP contribution is 2.52. The zero-order valence-electron chi connectivity index (χ0n) is 22.9. The normalized spacial score (nSPS) is 19.2. The quantitative estimate of drug-likeness (QED) is 0.415. The molecule has 3 aromatic rings. The smallest absolute Gasteiger partial charge is 0.256 e. The maximum absolute atomic E-state index is 13.1. The van der Waals surface area contributed by atoms with Gasteiger partial charge in [0.25, 0.3) is 5.91 Å². The van der Waals surface area contributed by atoms with E-state index in [0.717, 1.165) is 31.6 Å². The third-order valence-electron chi connectivity index (χ3n) is 7.77. The molecule has 6 rings (SSSR count). The van der Waals surface area contributed by atoms with E-state index in [0.29, 0.717) is 47.5 Å². The van der Waals surface area contributed by atoms with Gasteiger partial charge in [0.2, 0.25) is 11.9 Å². The molecular formula is C30H34N8O2. The first-order valence-electron chi connectivity index (χ1n) is 13.8. The lowest BCUT2D eigenvalue weighted by Gasteiger charge is -2.32. The second-order valence-electron chi connectivity index (χ2n) is 10.9. The lowest BCUT2D eigenvalue weighted by atomic mass is 9.87. The summed E-state index contributed by atoms with van der Waals surface area (Å²) >= 11 is 0. The first-order valence-corrected chi connectivity index (χ1v) is 13.8. The minimum atomic E-state index is -0.290. The number of likely N-dealkylation sites (N-methyl/N-ethyl adjacent to an activating group) is 1. The molecule has 1 fully saturated rings. The number of nitrogens with one attached hydrogen (secondary N) is 3. The molecule has 10 heteroatoms. The summed E-state index contributed by atoms with van der Waals surface area (Å²) < 4.78 is 0. The van der Waals surface area contributed by atoms with Crippen LogP contribution in [0.3, 0.4) is 0 Å². The van der Waals surface area contributed by atoms with Crippen molar-refractivity contribution in [3.05, 3.63) is 71.4 Å². The van der Waals surface area contributed by atoms with Crippen molar-refractivity contribution in [1.82, 2.24) is 25.2 Å². The van der Waals surface area contributed by atoms with E-state index >= 15 is 0 Å². The molecular weight excluding hydrogens is 504 g/mol. The summed E-state index contributed by atoms with van der Waals surface area (Å²) in [5, 5.41) is 9.43.